The van der Waals surface area contributed by atoms with Gasteiger partial charge in [0.1, 0.15) is 22.3 Å². The van der Waals surface area contributed by atoms with Gasteiger partial charge in [-0.1, -0.05) is 115 Å². The molecule has 0 aliphatic carbocycles. The maximum absolute atomic E-state index is 6.21. The van der Waals surface area contributed by atoms with Crippen molar-refractivity contribution >= 4 is 54.6 Å². The topological polar surface area (TPSA) is 52.1 Å². The molecule has 0 fully saturated rings. The number of hydrogen-bond donors (Lipinski definition) is 0. The van der Waals surface area contributed by atoms with Crippen molar-refractivity contribution in [1.29, 1.82) is 0 Å². The van der Waals surface area contributed by atoms with E-state index in [1.165, 1.54) is 16.3 Å². The van der Waals surface area contributed by atoms with Crippen molar-refractivity contribution < 1.29 is 8.83 Å². The lowest BCUT2D eigenvalue weighted by molar-refractivity contribution is 0.668. The third kappa shape index (κ3) is 5.07. The van der Waals surface area contributed by atoms with Gasteiger partial charge in [-0.2, -0.15) is 0 Å². The Bertz CT molecular complexity index is 3220. The van der Waals surface area contributed by atoms with Crippen LogP contribution in [0.15, 0.2) is 191 Å². The predicted octanol–water partition coefficient (Wildman–Crippen LogP) is 13.8. The fourth-order valence-corrected chi connectivity index (χ4v) is 7.83. The van der Waals surface area contributed by atoms with E-state index in [0.29, 0.717) is 5.82 Å². The molecular formula is C50H30N2O2. The Morgan fingerprint density at radius 1 is 0.296 bits per heavy atom. The van der Waals surface area contributed by atoms with Crippen LogP contribution in [0, 0.1) is 0 Å². The maximum atomic E-state index is 6.21. The largest absolute Gasteiger partial charge is 0.456 e. The second-order valence-electron chi connectivity index (χ2n) is 13.8. The van der Waals surface area contributed by atoms with Crippen molar-refractivity contribution in [3.8, 4) is 56.2 Å². The molecule has 0 atom stereocenters. The van der Waals surface area contributed by atoms with Crippen LogP contribution >= 0.6 is 0 Å². The van der Waals surface area contributed by atoms with Crippen LogP contribution < -0.4 is 0 Å². The van der Waals surface area contributed by atoms with Crippen LogP contribution in [0.4, 0.5) is 0 Å². The lowest BCUT2D eigenvalue weighted by Crippen LogP contribution is -1.96. The Labute approximate surface area is 310 Å². The molecule has 0 spiro atoms. The summed E-state index contributed by atoms with van der Waals surface area (Å²) in [4.78, 5) is 10.5. The minimum Gasteiger partial charge on any atom is -0.456 e. The van der Waals surface area contributed by atoms with Crippen LogP contribution in [0.3, 0.4) is 0 Å². The highest BCUT2D eigenvalue weighted by Crippen LogP contribution is 2.39. The summed E-state index contributed by atoms with van der Waals surface area (Å²) in [6, 6.07) is 63.5. The van der Waals surface area contributed by atoms with E-state index in [9.17, 15) is 0 Å². The lowest BCUT2D eigenvalue weighted by Gasteiger charge is -2.14. The normalized spacial score (nSPS) is 11.7. The second kappa shape index (κ2) is 12.1. The van der Waals surface area contributed by atoms with Crippen LogP contribution in [0.1, 0.15) is 0 Å². The summed E-state index contributed by atoms with van der Waals surface area (Å²) in [7, 11) is 0. The minimum atomic E-state index is 0.655. The molecule has 3 aromatic heterocycles. The minimum absolute atomic E-state index is 0.655. The van der Waals surface area contributed by atoms with Crippen molar-refractivity contribution in [2.24, 2.45) is 0 Å². The Morgan fingerprint density at radius 2 is 0.833 bits per heavy atom. The number of rotatable bonds is 5. The highest BCUT2D eigenvalue weighted by molar-refractivity contribution is 6.07. The second-order valence-corrected chi connectivity index (χ2v) is 13.8. The van der Waals surface area contributed by atoms with E-state index >= 15 is 0 Å². The molecule has 11 rings (SSSR count). The van der Waals surface area contributed by atoms with Crippen LogP contribution in [0.5, 0.6) is 0 Å². The first-order valence-corrected chi connectivity index (χ1v) is 18.1. The van der Waals surface area contributed by atoms with Crippen LogP contribution in [-0.4, -0.2) is 9.97 Å². The maximum Gasteiger partial charge on any atom is 0.160 e. The van der Waals surface area contributed by atoms with Crippen molar-refractivity contribution in [1.82, 2.24) is 9.97 Å². The van der Waals surface area contributed by atoms with Crippen LogP contribution in [0.2, 0.25) is 0 Å². The average molecular weight is 691 g/mol. The standard InChI is InChI=1S/C50H30N2O2/c1-2-12-32(13-3-1)44-30-45(52-50(51-44)34-22-24-49-43(29-34)41-17-7-9-20-47(41)54-49)37-26-35(25-36(27-37)39-18-10-14-31-11-4-5-15-38(31)39)33-21-23-48-42(28-33)40-16-6-8-19-46(40)53-48/h1-30H. The van der Waals surface area contributed by atoms with Crippen molar-refractivity contribution in [2.45, 2.75) is 0 Å². The Balaban J connectivity index is 1.15. The molecule has 0 saturated heterocycles. The Morgan fingerprint density at radius 3 is 1.57 bits per heavy atom. The molecule has 54 heavy (non-hydrogen) atoms. The lowest BCUT2D eigenvalue weighted by atomic mass is 9.91. The molecular weight excluding hydrogens is 661 g/mol. The fourth-order valence-electron chi connectivity index (χ4n) is 7.83. The van der Waals surface area contributed by atoms with Gasteiger partial charge in [-0.15, -0.1) is 0 Å². The van der Waals surface area contributed by atoms with E-state index in [0.717, 1.165) is 88.6 Å². The summed E-state index contributed by atoms with van der Waals surface area (Å²) in [6.45, 7) is 0. The number of furan rings is 2. The molecule has 0 radical (unpaired) electrons. The van der Waals surface area contributed by atoms with Gasteiger partial charge in [-0.25, -0.2) is 9.97 Å². The number of nitrogens with zero attached hydrogens (tertiary/aromatic N) is 2. The smallest absolute Gasteiger partial charge is 0.160 e. The molecule has 0 saturated carbocycles. The van der Waals surface area contributed by atoms with Crippen molar-refractivity contribution in [2.75, 3.05) is 0 Å². The first kappa shape index (κ1) is 30.3. The average Bonchev–Trinajstić information content (AvgIpc) is 3.81. The zero-order valence-corrected chi connectivity index (χ0v) is 29.0. The van der Waals surface area contributed by atoms with Crippen molar-refractivity contribution in [3.63, 3.8) is 0 Å². The first-order valence-electron chi connectivity index (χ1n) is 18.1. The summed E-state index contributed by atoms with van der Waals surface area (Å²) in [5.41, 5.74) is 12.6. The zero-order valence-electron chi connectivity index (χ0n) is 29.0. The van der Waals surface area contributed by atoms with E-state index in [4.69, 9.17) is 18.8 Å². The van der Waals surface area contributed by atoms with E-state index in [2.05, 4.69) is 140 Å². The molecule has 0 bridgehead atoms. The number of hydrogen-bond acceptors (Lipinski definition) is 4. The van der Waals surface area contributed by atoms with Gasteiger partial charge in [-0.05, 0) is 99.8 Å². The zero-order chi connectivity index (χ0) is 35.6. The summed E-state index contributed by atoms with van der Waals surface area (Å²) >= 11 is 0. The molecule has 252 valence electrons. The highest BCUT2D eigenvalue weighted by Gasteiger charge is 2.17. The summed E-state index contributed by atoms with van der Waals surface area (Å²) < 4.78 is 12.4. The molecule has 0 amide bonds. The summed E-state index contributed by atoms with van der Waals surface area (Å²) in [5.74, 6) is 0.655. The van der Waals surface area contributed by atoms with E-state index in [1.54, 1.807) is 0 Å². The third-order valence-electron chi connectivity index (χ3n) is 10.5. The quantitative estimate of drug-likeness (QED) is 0.180. The van der Waals surface area contributed by atoms with Crippen molar-refractivity contribution in [3.05, 3.63) is 182 Å². The summed E-state index contributed by atoms with van der Waals surface area (Å²) in [6.07, 6.45) is 0. The van der Waals surface area contributed by atoms with Gasteiger partial charge in [0.2, 0.25) is 0 Å². The molecule has 0 N–H and O–H groups in total. The molecule has 11 aromatic rings. The molecule has 0 aliphatic rings. The number of aromatic nitrogens is 2. The number of benzene rings is 8. The molecule has 4 heteroatoms. The molecule has 8 aromatic carbocycles. The van der Waals surface area contributed by atoms with Gasteiger partial charge in [0.15, 0.2) is 5.82 Å². The molecule has 0 aliphatic heterocycles. The van der Waals surface area contributed by atoms with Crippen LogP contribution in [-0.2, 0) is 0 Å². The molecule has 3 heterocycles. The fraction of sp³-hybridized carbons (Fsp3) is 0. The summed E-state index contributed by atoms with van der Waals surface area (Å²) in [5, 5.41) is 6.72. The van der Waals surface area contributed by atoms with Gasteiger partial charge in [-0.3, -0.25) is 0 Å². The van der Waals surface area contributed by atoms with Gasteiger partial charge >= 0.3 is 0 Å². The van der Waals surface area contributed by atoms with E-state index in [1.807, 2.05) is 42.5 Å². The third-order valence-corrected chi connectivity index (χ3v) is 10.5. The van der Waals surface area contributed by atoms with E-state index in [-0.39, 0.29) is 0 Å². The highest BCUT2D eigenvalue weighted by atomic mass is 16.3. The van der Waals surface area contributed by atoms with Crippen LogP contribution in [0.25, 0.3) is 111 Å². The first-order chi connectivity index (χ1) is 26.7. The number of fused-ring (bicyclic) bond motifs is 7. The van der Waals surface area contributed by atoms with Gasteiger partial charge in [0.05, 0.1) is 11.4 Å². The predicted molar refractivity (Wildman–Crippen MR) is 221 cm³/mol. The number of para-hydroxylation sites is 2. The Hall–Kier alpha value is -7.30. The Kier molecular flexibility index (Phi) is 6.82. The van der Waals surface area contributed by atoms with Gasteiger partial charge < -0.3 is 8.83 Å². The van der Waals surface area contributed by atoms with E-state index < -0.39 is 0 Å². The monoisotopic (exact) mass is 690 g/mol. The SMILES string of the molecule is c1ccc(-c2cc(-c3cc(-c4ccc5oc6ccccc6c5c4)cc(-c4cccc5ccccc45)c3)nc(-c3ccc4oc5ccccc5c4c3)n2)cc1. The molecule has 0 unspecified atom stereocenters. The molecule has 4 nitrogen and oxygen atoms in total. The van der Waals surface area contributed by atoms with Gasteiger partial charge in [0, 0.05) is 38.2 Å². The van der Waals surface area contributed by atoms with Gasteiger partial charge in [0.25, 0.3) is 0 Å².